The fourth-order valence-corrected chi connectivity index (χ4v) is 1.98. The van der Waals surface area contributed by atoms with Crippen molar-refractivity contribution >= 4 is 21.9 Å². The van der Waals surface area contributed by atoms with Gasteiger partial charge < -0.3 is 0 Å². The Bertz CT molecular complexity index is 564. The Morgan fingerprint density at radius 3 is 2.42 bits per heavy atom. The molecule has 8 heteroatoms. The number of non-ortho nitro benzene ring substituents is 1. The van der Waals surface area contributed by atoms with Gasteiger partial charge in [-0.25, -0.2) is 4.83 Å². The van der Waals surface area contributed by atoms with Crippen LogP contribution in [0, 0.1) is 16.0 Å². The van der Waals surface area contributed by atoms with Gasteiger partial charge in [-0.3, -0.25) is 10.1 Å². The van der Waals surface area contributed by atoms with E-state index in [9.17, 15) is 18.5 Å². The Hall–Kier alpha value is -1.96. The summed E-state index contributed by atoms with van der Waals surface area (Å²) >= 11 is 0. The lowest BCUT2D eigenvalue weighted by atomic mass is 10.2. The van der Waals surface area contributed by atoms with Gasteiger partial charge in [-0.15, -0.1) is 0 Å². The fraction of sp³-hybridized carbons (Fsp3) is 0.364. The first-order valence-electron chi connectivity index (χ1n) is 5.60. The summed E-state index contributed by atoms with van der Waals surface area (Å²) in [5, 5.41) is 14.1. The summed E-state index contributed by atoms with van der Waals surface area (Å²) in [5.41, 5.74) is -0.165. The van der Waals surface area contributed by atoms with E-state index in [0.29, 0.717) is 12.3 Å². The van der Waals surface area contributed by atoms with Crippen LogP contribution in [0.1, 0.15) is 20.3 Å². The number of nitro benzene ring substituents is 1. The summed E-state index contributed by atoms with van der Waals surface area (Å²) in [6.07, 6.45) is 2.14. The smallest absolute Gasteiger partial charge is 0.258 e. The minimum Gasteiger partial charge on any atom is -0.258 e. The molecule has 0 aromatic heterocycles. The third-order valence-corrected chi connectivity index (χ3v) is 3.44. The molecule has 7 nitrogen and oxygen atoms in total. The number of nitro groups is 1. The van der Waals surface area contributed by atoms with Crippen LogP contribution in [-0.4, -0.2) is 19.6 Å². The van der Waals surface area contributed by atoms with Crippen LogP contribution < -0.4 is 4.83 Å². The van der Waals surface area contributed by atoms with Gasteiger partial charge in [-0.1, -0.05) is 13.8 Å². The molecule has 1 N–H and O–H groups in total. The molecule has 0 amide bonds. The van der Waals surface area contributed by atoms with E-state index in [-0.39, 0.29) is 10.6 Å². The zero-order valence-corrected chi connectivity index (χ0v) is 11.4. The number of hydrazone groups is 1. The van der Waals surface area contributed by atoms with Crippen molar-refractivity contribution in [3.8, 4) is 0 Å². The van der Waals surface area contributed by atoms with Crippen LogP contribution in [0.25, 0.3) is 0 Å². The number of rotatable bonds is 6. The molecular formula is C11H15N3O4S. The molecule has 0 saturated carbocycles. The molecule has 0 saturated heterocycles. The SMILES string of the molecule is CC(C)C/C=N/NS(=O)(=O)c1ccc([N+](=O)[O-])cc1. The van der Waals surface area contributed by atoms with Gasteiger partial charge in [0.25, 0.3) is 15.7 Å². The summed E-state index contributed by atoms with van der Waals surface area (Å²) in [4.78, 5) is 11.8. The van der Waals surface area contributed by atoms with Crippen molar-refractivity contribution in [3.63, 3.8) is 0 Å². The average Bonchev–Trinajstić information content (AvgIpc) is 2.34. The molecule has 0 radical (unpaired) electrons. The molecule has 19 heavy (non-hydrogen) atoms. The third-order valence-electron chi connectivity index (χ3n) is 2.20. The monoisotopic (exact) mass is 285 g/mol. The predicted octanol–water partition coefficient (Wildman–Crippen LogP) is 1.91. The van der Waals surface area contributed by atoms with E-state index < -0.39 is 14.9 Å². The lowest BCUT2D eigenvalue weighted by Gasteiger charge is -2.03. The third kappa shape index (κ3) is 4.66. The van der Waals surface area contributed by atoms with E-state index >= 15 is 0 Å². The summed E-state index contributed by atoms with van der Waals surface area (Å²) < 4.78 is 23.5. The Morgan fingerprint density at radius 2 is 1.95 bits per heavy atom. The molecule has 0 aliphatic heterocycles. The van der Waals surface area contributed by atoms with E-state index in [2.05, 4.69) is 9.93 Å². The molecule has 104 valence electrons. The first-order chi connectivity index (χ1) is 8.83. The summed E-state index contributed by atoms with van der Waals surface area (Å²) in [5.74, 6) is 0.382. The normalized spacial score (nSPS) is 11.9. The first kappa shape index (κ1) is 15.1. The lowest BCUT2D eigenvalue weighted by Crippen LogP contribution is -2.18. The number of sulfonamides is 1. The van der Waals surface area contributed by atoms with Gasteiger partial charge in [-0.05, 0) is 24.5 Å². The molecule has 1 aromatic rings. The van der Waals surface area contributed by atoms with Crippen LogP contribution in [0.2, 0.25) is 0 Å². The maximum Gasteiger partial charge on any atom is 0.276 e. The van der Waals surface area contributed by atoms with Crippen molar-refractivity contribution in [3.05, 3.63) is 34.4 Å². The second kappa shape index (κ2) is 6.28. The lowest BCUT2D eigenvalue weighted by molar-refractivity contribution is -0.384. The van der Waals surface area contributed by atoms with E-state index in [1.54, 1.807) is 0 Å². The molecule has 0 heterocycles. The summed E-state index contributed by atoms with van der Waals surface area (Å²) in [7, 11) is -3.77. The molecule has 0 aliphatic carbocycles. The van der Waals surface area contributed by atoms with Crippen LogP contribution >= 0.6 is 0 Å². The van der Waals surface area contributed by atoms with E-state index in [0.717, 1.165) is 12.1 Å². The van der Waals surface area contributed by atoms with Gasteiger partial charge in [0.15, 0.2) is 0 Å². The van der Waals surface area contributed by atoms with Crippen molar-refractivity contribution < 1.29 is 13.3 Å². The second-order valence-corrected chi connectivity index (χ2v) is 5.95. The minimum atomic E-state index is -3.77. The van der Waals surface area contributed by atoms with E-state index in [4.69, 9.17) is 0 Å². The second-order valence-electron chi connectivity index (χ2n) is 4.29. The van der Waals surface area contributed by atoms with Gasteiger partial charge in [0.1, 0.15) is 0 Å². The maximum atomic E-state index is 11.8. The highest BCUT2D eigenvalue weighted by Crippen LogP contribution is 2.15. The number of nitrogens with one attached hydrogen (secondary N) is 1. The van der Waals surface area contributed by atoms with Crippen molar-refractivity contribution in [2.45, 2.75) is 25.2 Å². The Morgan fingerprint density at radius 1 is 1.37 bits per heavy atom. The standard InChI is InChI=1S/C11H15N3O4S/c1-9(2)7-8-12-13-19(17,18)11-5-3-10(4-6-11)14(15)16/h3-6,8-9,13H,7H2,1-2H3/b12-8+. The molecule has 0 bridgehead atoms. The fourth-order valence-electron chi connectivity index (χ4n) is 1.17. The molecule has 0 atom stereocenters. The van der Waals surface area contributed by atoms with Crippen molar-refractivity contribution in [1.29, 1.82) is 0 Å². The maximum absolute atomic E-state index is 11.8. The highest BCUT2D eigenvalue weighted by Gasteiger charge is 2.14. The quantitative estimate of drug-likeness (QED) is 0.490. The highest BCUT2D eigenvalue weighted by atomic mass is 32.2. The summed E-state index contributed by atoms with van der Waals surface area (Å²) in [6, 6.07) is 4.59. The van der Waals surface area contributed by atoms with Crippen LogP contribution in [0.4, 0.5) is 5.69 Å². The van der Waals surface area contributed by atoms with Crippen molar-refractivity contribution in [2.24, 2.45) is 11.0 Å². The number of hydrogen-bond acceptors (Lipinski definition) is 5. The molecular weight excluding hydrogens is 270 g/mol. The highest BCUT2D eigenvalue weighted by molar-refractivity contribution is 7.89. The summed E-state index contributed by atoms with van der Waals surface area (Å²) in [6.45, 7) is 3.97. The van der Waals surface area contributed by atoms with Gasteiger partial charge in [0.2, 0.25) is 0 Å². The van der Waals surface area contributed by atoms with E-state index in [1.165, 1.54) is 18.3 Å². The zero-order chi connectivity index (χ0) is 14.5. The minimum absolute atomic E-state index is 0.0696. The van der Waals surface area contributed by atoms with Crippen LogP contribution in [0.15, 0.2) is 34.3 Å². The Kier molecular flexibility index (Phi) is 4.99. The number of benzene rings is 1. The molecule has 1 aromatic carbocycles. The predicted molar refractivity (Wildman–Crippen MR) is 71.4 cm³/mol. The van der Waals surface area contributed by atoms with Crippen molar-refractivity contribution in [1.82, 2.24) is 4.83 Å². The topological polar surface area (TPSA) is 102 Å². The zero-order valence-electron chi connectivity index (χ0n) is 10.6. The molecule has 0 unspecified atom stereocenters. The molecule has 0 aliphatic rings. The molecule has 1 rings (SSSR count). The van der Waals surface area contributed by atoms with Gasteiger partial charge in [0, 0.05) is 18.3 Å². The van der Waals surface area contributed by atoms with E-state index in [1.807, 2.05) is 13.8 Å². The number of hydrogen-bond donors (Lipinski definition) is 1. The first-order valence-corrected chi connectivity index (χ1v) is 7.09. The Labute approximate surface area is 111 Å². The van der Waals surface area contributed by atoms with Gasteiger partial charge >= 0.3 is 0 Å². The molecule has 0 fully saturated rings. The molecule has 0 spiro atoms. The largest absolute Gasteiger partial charge is 0.276 e. The van der Waals surface area contributed by atoms with Gasteiger partial charge in [-0.2, -0.15) is 13.5 Å². The average molecular weight is 285 g/mol. The van der Waals surface area contributed by atoms with Gasteiger partial charge in [0.05, 0.1) is 9.82 Å². The van der Waals surface area contributed by atoms with Crippen molar-refractivity contribution in [2.75, 3.05) is 0 Å². The number of nitrogens with zero attached hydrogens (tertiary/aromatic N) is 2. The van der Waals surface area contributed by atoms with Crippen LogP contribution in [0.3, 0.4) is 0 Å². The van der Waals surface area contributed by atoms with Crippen LogP contribution in [0.5, 0.6) is 0 Å². The Balaban J connectivity index is 2.77. The van der Waals surface area contributed by atoms with Crippen LogP contribution in [-0.2, 0) is 10.0 Å².